The number of hydrogen-bond acceptors (Lipinski definition) is 3. The summed E-state index contributed by atoms with van der Waals surface area (Å²) in [6, 6.07) is 18.6. The van der Waals surface area contributed by atoms with Gasteiger partial charge >= 0.3 is 0 Å². The third-order valence-electron chi connectivity index (χ3n) is 7.28. The van der Waals surface area contributed by atoms with E-state index in [0.717, 1.165) is 16.9 Å². The first-order valence-corrected chi connectivity index (χ1v) is 13.0. The van der Waals surface area contributed by atoms with Crippen molar-refractivity contribution < 1.29 is 4.79 Å². The zero-order valence-electron chi connectivity index (χ0n) is 20.2. The fraction of sp³-hybridized carbons (Fsp3) is 0.393. The van der Waals surface area contributed by atoms with Crippen LogP contribution in [0.4, 0.5) is 5.69 Å². The molecule has 1 aromatic carbocycles. The number of nitrogens with one attached hydrogen (secondary N) is 2. The van der Waals surface area contributed by atoms with Gasteiger partial charge in [-0.3, -0.25) is 9.78 Å². The number of amides is 1. The van der Waals surface area contributed by atoms with E-state index in [1.165, 1.54) is 37.8 Å². The lowest BCUT2D eigenvalue weighted by Crippen LogP contribution is -2.34. The Morgan fingerprint density at radius 1 is 1.09 bits per heavy atom. The van der Waals surface area contributed by atoms with Crippen molar-refractivity contribution in [3.63, 3.8) is 0 Å². The van der Waals surface area contributed by atoms with Crippen LogP contribution in [0, 0.1) is 6.92 Å². The lowest BCUT2D eigenvalue weighted by atomic mass is 9.94. The smallest absolute Gasteiger partial charge is 0.226 e. The molecule has 0 bridgehead atoms. The van der Waals surface area contributed by atoms with Gasteiger partial charge in [0.15, 0.2) is 5.11 Å². The van der Waals surface area contributed by atoms with E-state index in [1.54, 1.807) is 0 Å². The molecule has 6 nitrogen and oxygen atoms in total. The minimum Gasteiger partial charge on any atom is -0.352 e. The summed E-state index contributed by atoms with van der Waals surface area (Å²) in [7, 11) is 0. The van der Waals surface area contributed by atoms with Gasteiger partial charge in [-0.1, -0.05) is 43.5 Å². The van der Waals surface area contributed by atoms with E-state index in [1.807, 2.05) is 49.5 Å². The molecule has 2 aliphatic rings. The number of para-hydroxylation sites is 1. The van der Waals surface area contributed by atoms with Crippen molar-refractivity contribution in [1.82, 2.24) is 19.8 Å². The van der Waals surface area contributed by atoms with Crippen LogP contribution in [-0.2, 0) is 4.79 Å². The number of anilines is 1. The van der Waals surface area contributed by atoms with Crippen molar-refractivity contribution in [3.8, 4) is 0 Å². The molecule has 2 fully saturated rings. The zero-order chi connectivity index (χ0) is 24.2. The normalized spacial score (nSPS) is 20.6. The molecule has 5 rings (SSSR count). The summed E-state index contributed by atoms with van der Waals surface area (Å²) in [5, 5.41) is 7.25. The molecule has 7 heteroatoms. The molecule has 1 amide bonds. The SMILES string of the molecule is Cc1ccccc1NC(=O)CCN1C(=S)N[C@H](c2ccccn2)[C@@H]1c1cccn1C1CCCCC1. The van der Waals surface area contributed by atoms with Crippen LogP contribution in [0.5, 0.6) is 0 Å². The minimum absolute atomic E-state index is 0.00945. The summed E-state index contributed by atoms with van der Waals surface area (Å²) in [4.78, 5) is 19.7. The molecule has 1 saturated carbocycles. The second-order valence-corrected chi connectivity index (χ2v) is 9.95. The van der Waals surface area contributed by atoms with E-state index in [9.17, 15) is 4.79 Å². The standard InChI is InChI=1S/C28H33N5OS/c1-20-10-5-6-13-22(20)30-25(34)16-19-33-27(26(31-28(33)35)23-14-7-8-17-29-23)24-15-9-18-32(24)21-11-3-2-4-12-21/h5-10,13-15,17-18,21,26-27H,2-4,11-12,16,19H2,1H3,(H,30,34)(H,31,35)/t26-,27+/m1/s1. The number of aryl methyl sites for hydroxylation is 1. The van der Waals surface area contributed by atoms with Crippen molar-refractivity contribution >= 4 is 28.9 Å². The van der Waals surface area contributed by atoms with E-state index in [4.69, 9.17) is 12.2 Å². The number of hydrogen-bond donors (Lipinski definition) is 2. The van der Waals surface area contributed by atoms with Gasteiger partial charge in [-0.15, -0.1) is 0 Å². The molecule has 2 atom stereocenters. The highest BCUT2D eigenvalue weighted by atomic mass is 32.1. The van der Waals surface area contributed by atoms with Crippen LogP contribution >= 0.6 is 12.2 Å². The first-order valence-electron chi connectivity index (χ1n) is 12.6. The topological polar surface area (TPSA) is 62.2 Å². The maximum Gasteiger partial charge on any atom is 0.226 e. The Morgan fingerprint density at radius 2 is 1.89 bits per heavy atom. The Bertz CT molecular complexity index is 1170. The molecular formula is C28H33N5OS. The molecule has 0 unspecified atom stereocenters. The van der Waals surface area contributed by atoms with Gasteiger partial charge in [-0.05, 0) is 67.9 Å². The molecule has 3 aromatic rings. The maximum absolute atomic E-state index is 12.9. The number of nitrogens with zero attached hydrogens (tertiary/aromatic N) is 3. The van der Waals surface area contributed by atoms with Gasteiger partial charge < -0.3 is 20.1 Å². The monoisotopic (exact) mass is 487 g/mol. The van der Waals surface area contributed by atoms with Crippen LogP contribution in [0.2, 0.25) is 0 Å². The van der Waals surface area contributed by atoms with Gasteiger partial charge in [-0.2, -0.15) is 0 Å². The van der Waals surface area contributed by atoms with Crippen LogP contribution < -0.4 is 10.6 Å². The number of carbonyl (C=O) groups is 1. The molecule has 1 aliphatic heterocycles. The Labute approximate surface area is 212 Å². The second kappa shape index (κ2) is 10.6. The molecule has 2 N–H and O–H groups in total. The lowest BCUT2D eigenvalue weighted by molar-refractivity contribution is -0.116. The summed E-state index contributed by atoms with van der Waals surface area (Å²) < 4.78 is 2.45. The van der Waals surface area contributed by atoms with Crippen LogP contribution in [0.1, 0.15) is 73.6 Å². The Morgan fingerprint density at radius 3 is 2.66 bits per heavy atom. The molecule has 2 aromatic heterocycles. The van der Waals surface area contributed by atoms with Crippen molar-refractivity contribution in [2.45, 2.75) is 63.6 Å². The van der Waals surface area contributed by atoms with Crippen molar-refractivity contribution in [2.75, 3.05) is 11.9 Å². The second-order valence-electron chi connectivity index (χ2n) is 9.57. The minimum atomic E-state index is -0.0691. The molecule has 35 heavy (non-hydrogen) atoms. The Hall–Kier alpha value is -3.19. The fourth-order valence-electron chi connectivity index (χ4n) is 5.47. The zero-order valence-corrected chi connectivity index (χ0v) is 21.0. The number of carbonyl (C=O) groups excluding carboxylic acids is 1. The van der Waals surface area contributed by atoms with Crippen LogP contribution in [-0.4, -0.2) is 32.0 Å². The van der Waals surface area contributed by atoms with Gasteiger partial charge in [0.25, 0.3) is 0 Å². The predicted octanol–water partition coefficient (Wildman–Crippen LogP) is 5.70. The molecular weight excluding hydrogens is 454 g/mol. The fourth-order valence-corrected chi connectivity index (χ4v) is 5.80. The number of benzene rings is 1. The molecule has 0 spiro atoms. The van der Waals surface area contributed by atoms with Crippen LogP contribution in [0.3, 0.4) is 0 Å². The quantitative estimate of drug-likeness (QED) is 0.419. The molecule has 0 radical (unpaired) electrons. The van der Waals surface area contributed by atoms with E-state index in [2.05, 4.69) is 49.5 Å². The highest BCUT2D eigenvalue weighted by Gasteiger charge is 2.41. The largest absolute Gasteiger partial charge is 0.352 e. The number of thiocarbonyl (C=S) groups is 1. The lowest BCUT2D eigenvalue weighted by Gasteiger charge is -2.32. The summed E-state index contributed by atoms with van der Waals surface area (Å²) in [6.45, 7) is 2.54. The van der Waals surface area contributed by atoms with Crippen molar-refractivity contribution in [1.29, 1.82) is 0 Å². The van der Waals surface area contributed by atoms with E-state index in [0.29, 0.717) is 24.1 Å². The number of rotatable bonds is 7. The van der Waals surface area contributed by atoms with Crippen LogP contribution in [0.15, 0.2) is 67.0 Å². The van der Waals surface area contributed by atoms with Gasteiger partial charge in [0, 0.05) is 42.8 Å². The summed E-state index contributed by atoms with van der Waals surface area (Å²) >= 11 is 5.82. The van der Waals surface area contributed by atoms with E-state index < -0.39 is 0 Å². The first kappa shape index (κ1) is 23.5. The summed E-state index contributed by atoms with van der Waals surface area (Å²) in [5.74, 6) is -0.00945. The molecule has 1 aliphatic carbocycles. The van der Waals surface area contributed by atoms with E-state index >= 15 is 0 Å². The van der Waals surface area contributed by atoms with Gasteiger partial charge in [0.2, 0.25) is 5.91 Å². The first-order chi connectivity index (χ1) is 17.1. The summed E-state index contributed by atoms with van der Waals surface area (Å²) in [6.07, 6.45) is 10.7. The Kier molecular flexibility index (Phi) is 7.13. The third kappa shape index (κ3) is 5.10. The average molecular weight is 488 g/mol. The summed E-state index contributed by atoms with van der Waals surface area (Å²) in [5.41, 5.74) is 4.11. The average Bonchev–Trinajstić information content (AvgIpc) is 3.49. The van der Waals surface area contributed by atoms with Crippen LogP contribution in [0.25, 0.3) is 0 Å². The molecule has 1 saturated heterocycles. The Balaban J connectivity index is 1.40. The van der Waals surface area contributed by atoms with Gasteiger partial charge in [-0.25, -0.2) is 0 Å². The highest BCUT2D eigenvalue weighted by molar-refractivity contribution is 7.80. The predicted molar refractivity (Wildman–Crippen MR) is 143 cm³/mol. The van der Waals surface area contributed by atoms with Gasteiger partial charge in [0.05, 0.1) is 17.8 Å². The molecule has 3 heterocycles. The number of pyridine rings is 1. The molecule has 182 valence electrons. The maximum atomic E-state index is 12.9. The van der Waals surface area contributed by atoms with Gasteiger partial charge in [0.1, 0.15) is 0 Å². The number of aromatic nitrogens is 2. The third-order valence-corrected chi connectivity index (χ3v) is 7.63. The van der Waals surface area contributed by atoms with Crippen molar-refractivity contribution in [2.24, 2.45) is 0 Å². The highest BCUT2D eigenvalue weighted by Crippen LogP contribution is 2.41. The van der Waals surface area contributed by atoms with Crippen molar-refractivity contribution in [3.05, 3.63) is 83.9 Å². The van der Waals surface area contributed by atoms with E-state index in [-0.39, 0.29) is 18.0 Å².